The fourth-order valence-electron chi connectivity index (χ4n) is 2.18. The topological polar surface area (TPSA) is 49.7 Å². The Morgan fingerprint density at radius 3 is 2.26 bits per heavy atom. The molecule has 0 unspecified atom stereocenters. The zero-order valence-corrected chi connectivity index (χ0v) is 11.2. The van der Waals surface area contributed by atoms with E-state index in [1.54, 1.807) is 12.1 Å². The maximum Gasteiger partial charge on any atom is 0.125 e. The fraction of sp³-hybridized carbons (Fsp3) is 0.250. The van der Waals surface area contributed by atoms with Gasteiger partial charge in [-0.2, -0.15) is 0 Å². The molecule has 100 valence electrons. The molecule has 2 rings (SSSR count). The number of hydrogen-bond acceptors (Lipinski definition) is 3. The maximum absolute atomic E-state index is 9.53. The maximum atomic E-state index is 9.53. The summed E-state index contributed by atoms with van der Waals surface area (Å²) in [5.41, 5.74) is 4.06. The summed E-state index contributed by atoms with van der Waals surface area (Å²) in [6.45, 7) is 4.26. The molecule has 0 atom stereocenters. The SMILES string of the molecule is Cc1cc(-c2cccc(O)c2)cc(C)c1OCCO. The fourth-order valence-corrected chi connectivity index (χ4v) is 2.18. The predicted octanol–water partition coefficient (Wildman–Crippen LogP) is 3.05. The monoisotopic (exact) mass is 258 g/mol. The van der Waals surface area contributed by atoms with Gasteiger partial charge < -0.3 is 14.9 Å². The Hall–Kier alpha value is -2.00. The Kier molecular flexibility index (Phi) is 4.07. The van der Waals surface area contributed by atoms with Crippen molar-refractivity contribution in [2.45, 2.75) is 13.8 Å². The van der Waals surface area contributed by atoms with Gasteiger partial charge in [-0.1, -0.05) is 12.1 Å². The summed E-state index contributed by atoms with van der Waals surface area (Å²) in [6, 6.07) is 11.2. The third kappa shape index (κ3) is 3.06. The molecular formula is C16H18O3. The van der Waals surface area contributed by atoms with Gasteiger partial charge in [0.25, 0.3) is 0 Å². The summed E-state index contributed by atoms with van der Waals surface area (Å²) in [7, 11) is 0. The molecule has 2 N–H and O–H groups in total. The predicted molar refractivity (Wildman–Crippen MR) is 75.6 cm³/mol. The molecule has 3 heteroatoms. The molecule has 0 aliphatic carbocycles. The molecule has 0 aromatic heterocycles. The van der Waals surface area contributed by atoms with Crippen LogP contribution in [0.5, 0.6) is 11.5 Å². The van der Waals surface area contributed by atoms with Crippen LogP contribution < -0.4 is 4.74 Å². The van der Waals surface area contributed by atoms with Crippen molar-refractivity contribution in [2.24, 2.45) is 0 Å². The van der Waals surface area contributed by atoms with Crippen molar-refractivity contribution in [3.05, 3.63) is 47.5 Å². The van der Waals surface area contributed by atoms with Gasteiger partial charge in [0.1, 0.15) is 18.1 Å². The first-order valence-electron chi connectivity index (χ1n) is 6.26. The molecule has 0 aliphatic heterocycles. The van der Waals surface area contributed by atoms with Gasteiger partial charge in [0.2, 0.25) is 0 Å². The number of hydrogen-bond donors (Lipinski definition) is 2. The number of aliphatic hydroxyl groups is 1. The van der Waals surface area contributed by atoms with E-state index in [0.29, 0.717) is 6.61 Å². The number of phenolic OH excluding ortho intramolecular Hbond substituents is 1. The van der Waals surface area contributed by atoms with E-state index in [4.69, 9.17) is 9.84 Å². The first-order chi connectivity index (χ1) is 9.11. The minimum atomic E-state index is 0.00713. The highest BCUT2D eigenvalue weighted by Crippen LogP contribution is 2.31. The Balaban J connectivity index is 2.39. The third-order valence-electron chi connectivity index (χ3n) is 2.98. The van der Waals surface area contributed by atoms with Crippen LogP contribution in [-0.2, 0) is 0 Å². The molecular weight excluding hydrogens is 240 g/mol. The van der Waals surface area contributed by atoms with Crippen molar-refractivity contribution in [3.8, 4) is 22.6 Å². The molecule has 3 nitrogen and oxygen atoms in total. The zero-order chi connectivity index (χ0) is 13.8. The van der Waals surface area contributed by atoms with Crippen molar-refractivity contribution in [3.63, 3.8) is 0 Å². The van der Waals surface area contributed by atoms with Crippen molar-refractivity contribution >= 4 is 0 Å². The minimum Gasteiger partial charge on any atom is -0.508 e. The summed E-state index contributed by atoms with van der Waals surface area (Å²) in [5, 5.41) is 18.4. The van der Waals surface area contributed by atoms with Gasteiger partial charge >= 0.3 is 0 Å². The number of aliphatic hydroxyl groups excluding tert-OH is 1. The molecule has 0 radical (unpaired) electrons. The van der Waals surface area contributed by atoms with Gasteiger partial charge in [-0.3, -0.25) is 0 Å². The Morgan fingerprint density at radius 1 is 1.00 bits per heavy atom. The lowest BCUT2D eigenvalue weighted by atomic mass is 9.99. The average molecular weight is 258 g/mol. The van der Waals surface area contributed by atoms with Crippen LogP contribution in [0.2, 0.25) is 0 Å². The first kappa shape index (κ1) is 13.4. The van der Waals surface area contributed by atoms with E-state index < -0.39 is 0 Å². The molecule has 0 heterocycles. The van der Waals surface area contributed by atoms with Crippen molar-refractivity contribution < 1.29 is 14.9 Å². The number of aromatic hydroxyl groups is 1. The van der Waals surface area contributed by atoms with Crippen LogP contribution >= 0.6 is 0 Å². The Morgan fingerprint density at radius 2 is 1.68 bits per heavy atom. The van der Waals surface area contributed by atoms with Crippen LogP contribution in [0.25, 0.3) is 11.1 Å². The van der Waals surface area contributed by atoms with E-state index in [1.165, 1.54) is 0 Å². The standard InChI is InChI=1S/C16H18O3/c1-11-8-14(13-4-3-5-15(18)10-13)9-12(2)16(11)19-7-6-17/h3-5,8-10,17-18H,6-7H2,1-2H3. The highest BCUT2D eigenvalue weighted by molar-refractivity contribution is 5.68. The molecule has 0 spiro atoms. The largest absolute Gasteiger partial charge is 0.508 e. The average Bonchev–Trinajstić information content (AvgIpc) is 2.37. The molecule has 19 heavy (non-hydrogen) atoms. The molecule has 2 aromatic rings. The van der Waals surface area contributed by atoms with E-state index in [9.17, 15) is 5.11 Å². The third-order valence-corrected chi connectivity index (χ3v) is 2.98. The quantitative estimate of drug-likeness (QED) is 0.886. The number of aryl methyl sites for hydroxylation is 2. The highest BCUT2D eigenvalue weighted by Gasteiger charge is 2.08. The zero-order valence-electron chi connectivity index (χ0n) is 11.2. The second-order valence-electron chi connectivity index (χ2n) is 4.56. The molecule has 0 amide bonds. The summed E-state index contributed by atoms with van der Waals surface area (Å²) in [5.74, 6) is 1.08. The van der Waals surface area contributed by atoms with Gasteiger partial charge in [-0.25, -0.2) is 0 Å². The van der Waals surface area contributed by atoms with E-state index in [2.05, 4.69) is 0 Å². The van der Waals surface area contributed by atoms with E-state index in [1.807, 2.05) is 38.1 Å². The summed E-state index contributed by atoms with van der Waals surface area (Å²) in [6.07, 6.45) is 0. The van der Waals surface area contributed by atoms with Gasteiger partial charge in [-0.15, -0.1) is 0 Å². The lowest BCUT2D eigenvalue weighted by Gasteiger charge is -2.13. The summed E-state index contributed by atoms with van der Waals surface area (Å²) < 4.78 is 5.53. The van der Waals surface area contributed by atoms with Crippen LogP contribution in [-0.4, -0.2) is 23.4 Å². The van der Waals surface area contributed by atoms with Crippen LogP contribution in [0, 0.1) is 13.8 Å². The van der Waals surface area contributed by atoms with Crippen LogP contribution in [0.1, 0.15) is 11.1 Å². The lowest BCUT2D eigenvalue weighted by Crippen LogP contribution is -2.04. The van der Waals surface area contributed by atoms with Crippen molar-refractivity contribution in [1.29, 1.82) is 0 Å². The van der Waals surface area contributed by atoms with Crippen LogP contribution in [0.15, 0.2) is 36.4 Å². The van der Waals surface area contributed by atoms with Crippen LogP contribution in [0.4, 0.5) is 0 Å². The van der Waals surface area contributed by atoms with Gasteiger partial charge in [-0.05, 0) is 60.4 Å². The van der Waals surface area contributed by atoms with Gasteiger partial charge in [0.15, 0.2) is 0 Å². The lowest BCUT2D eigenvalue weighted by molar-refractivity contribution is 0.200. The number of benzene rings is 2. The second kappa shape index (κ2) is 5.76. The minimum absolute atomic E-state index is 0.00713. The van der Waals surface area contributed by atoms with E-state index in [0.717, 1.165) is 28.0 Å². The number of rotatable bonds is 4. The van der Waals surface area contributed by atoms with E-state index >= 15 is 0 Å². The Bertz CT molecular complexity index is 553. The molecule has 0 saturated heterocycles. The normalized spacial score (nSPS) is 10.5. The van der Waals surface area contributed by atoms with Crippen molar-refractivity contribution in [1.82, 2.24) is 0 Å². The smallest absolute Gasteiger partial charge is 0.125 e. The first-order valence-corrected chi connectivity index (χ1v) is 6.26. The summed E-state index contributed by atoms with van der Waals surface area (Å²) >= 11 is 0. The van der Waals surface area contributed by atoms with Gasteiger partial charge in [0, 0.05) is 0 Å². The molecule has 0 saturated carbocycles. The van der Waals surface area contributed by atoms with Gasteiger partial charge in [0.05, 0.1) is 6.61 Å². The molecule has 0 bridgehead atoms. The van der Waals surface area contributed by atoms with Crippen molar-refractivity contribution in [2.75, 3.05) is 13.2 Å². The van der Waals surface area contributed by atoms with Crippen LogP contribution in [0.3, 0.4) is 0 Å². The molecule has 0 fully saturated rings. The Labute approximate surface area is 113 Å². The molecule has 2 aromatic carbocycles. The number of ether oxygens (including phenoxy) is 1. The summed E-state index contributed by atoms with van der Waals surface area (Å²) in [4.78, 5) is 0. The number of phenols is 1. The highest BCUT2D eigenvalue weighted by atomic mass is 16.5. The second-order valence-corrected chi connectivity index (χ2v) is 4.56. The van der Waals surface area contributed by atoms with E-state index in [-0.39, 0.29) is 12.4 Å². The molecule has 0 aliphatic rings.